The van der Waals surface area contributed by atoms with Gasteiger partial charge in [-0.25, -0.2) is 0 Å². The highest BCUT2D eigenvalue weighted by molar-refractivity contribution is 6.34. The lowest BCUT2D eigenvalue weighted by molar-refractivity contribution is 0.105. The highest BCUT2D eigenvalue weighted by atomic mass is 35.5. The SMILES string of the molecule is NC1CCOC1c1cc(Cl)cc(Cl)c1. The molecule has 1 heterocycles. The Bertz CT molecular complexity index is 323. The highest BCUT2D eigenvalue weighted by Crippen LogP contribution is 2.31. The van der Waals surface area contributed by atoms with Gasteiger partial charge in [-0.1, -0.05) is 23.2 Å². The Morgan fingerprint density at radius 1 is 1.21 bits per heavy atom. The van der Waals surface area contributed by atoms with Crippen molar-refractivity contribution < 1.29 is 4.74 Å². The molecule has 0 radical (unpaired) electrons. The van der Waals surface area contributed by atoms with Crippen LogP contribution in [0.25, 0.3) is 0 Å². The third-order valence-electron chi connectivity index (χ3n) is 2.35. The van der Waals surface area contributed by atoms with Crippen molar-refractivity contribution in [3.05, 3.63) is 33.8 Å². The lowest BCUT2D eigenvalue weighted by Gasteiger charge is -2.15. The molecule has 1 saturated heterocycles. The van der Waals surface area contributed by atoms with Crippen LogP contribution in [-0.2, 0) is 4.74 Å². The Kier molecular flexibility index (Phi) is 2.98. The number of hydrogen-bond acceptors (Lipinski definition) is 2. The van der Waals surface area contributed by atoms with Gasteiger partial charge in [-0.05, 0) is 30.2 Å². The van der Waals surface area contributed by atoms with Gasteiger partial charge in [-0.15, -0.1) is 0 Å². The number of benzene rings is 1. The van der Waals surface area contributed by atoms with Gasteiger partial charge in [0.25, 0.3) is 0 Å². The molecule has 14 heavy (non-hydrogen) atoms. The topological polar surface area (TPSA) is 35.2 Å². The van der Waals surface area contributed by atoms with Gasteiger partial charge in [0.1, 0.15) is 0 Å². The van der Waals surface area contributed by atoms with Gasteiger partial charge in [-0.3, -0.25) is 0 Å². The van der Waals surface area contributed by atoms with E-state index in [0.29, 0.717) is 16.7 Å². The second-order valence-electron chi connectivity index (χ2n) is 3.45. The minimum absolute atomic E-state index is 0.0459. The largest absolute Gasteiger partial charge is 0.372 e. The summed E-state index contributed by atoms with van der Waals surface area (Å²) in [5.74, 6) is 0. The molecule has 0 aliphatic carbocycles. The number of halogens is 2. The Balaban J connectivity index is 2.31. The molecule has 0 aromatic heterocycles. The molecule has 2 N–H and O–H groups in total. The lowest BCUT2D eigenvalue weighted by Crippen LogP contribution is -2.23. The second kappa shape index (κ2) is 4.07. The first-order valence-electron chi connectivity index (χ1n) is 4.50. The molecule has 1 aromatic rings. The van der Waals surface area contributed by atoms with E-state index in [2.05, 4.69) is 0 Å². The first-order valence-corrected chi connectivity index (χ1v) is 5.25. The van der Waals surface area contributed by atoms with E-state index in [1.807, 2.05) is 12.1 Å². The molecule has 0 spiro atoms. The van der Waals surface area contributed by atoms with Gasteiger partial charge < -0.3 is 10.5 Å². The van der Waals surface area contributed by atoms with Crippen molar-refractivity contribution in [2.45, 2.75) is 18.6 Å². The van der Waals surface area contributed by atoms with Crippen molar-refractivity contribution in [3.63, 3.8) is 0 Å². The first kappa shape index (κ1) is 10.2. The van der Waals surface area contributed by atoms with Crippen LogP contribution in [0.4, 0.5) is 0 Å². The maximum absolute atomic E-state index is 5.90. The van der Waals surface area contributed by atoms with Crippen molar-refractivity contribution >= 4 is 23.2 Å². The summed E-state index contributed by atoms with van der Waals surface area (Å²) in [4.78, 5) is 0. The number of rotatable bonds is 1. The third kappa shape index (κ3) is 2.04. The van der Waals surface area contributed by atoms with E-state index < -0.39 is 0 Å². The van der Waals surface area contributed by atoms with Crippen LogP contribution in [0, 0.1) is 0 Å². The summed E-state index contributed by atoms with van der Waals surface area (Å²) in [6.07, 6.45) is 0.820. The Morgan fingerprint density at radius 3 is 2.36 bits per heavy atom. The molecule has 2 atom stereocenters. The average Bonchev–Trinajstić information content (AvgIpc) is 2.49. The van der Waals surface area contributed by atoms with Gasteiger partial charge in [0.05, 0.1) is 6.10 Å². The fourth-order valence-corrected chi connectivity index (χ4v) is 2.23. The van der Waals surface area contributed by atoms with Crippen molar-refractivity contribution in [2.75, 3.05) is 6.61 Å². The van der Waals surface area contributed by atoms with Crippen LogP contribution in [0.15, 0.2) is 18.2 Å². The summed E-state index contributed by atoms with van der Waals surface area (Å²) in [6, 6.07) is 5.45. The minimum atomic E-state index is -0.0637. The summed E-state index contributed by atoms with van der Waals surface area (Å²) in [5.41, 5.74) is 6.87. The molecule has 4 heteroatoms. The van der Waals surface area contributed by atoms with Crippen molar-refractivity contribution in [1.82, 2.24) is 0 Å². The van der Waals surface area contributed by atoms with Crippen molar-refractivity contribution in [1.29, 1.82) is 0 Å². The third-order valence-corrected chi connectivity index (χ3v) is 2.79. The fraction of sp³-hybridized carbons (Fsp3) is 0.400. The zero-order valence-corrected chi connectivity index (χ0v) is 9.05. The summed E-state index contributed by atoms with van der Waals surface area (Å²) in [6.45, 7) is 0.704. The second-order valence-corrected chi connectivity index (χ2v) is 4.32. The summed E-state index contributed by atoms with van der Waals surface area (Å²) < 4.78 is 5.52. The Morgan fingerprint density at radius 2 is 1.86 bits per heavy atom. The smallest absolute Gasteiger partial charge is 0.0977 e. The van der Waals surface area contributed by atoms with E-state index in [9.17, 15) is 0 Å². The quantitative estimate of drug-likeness (QED) is 0.807. The monoisotopic (exact) mass is 231 g/mol. The number of ether oxygens (including phenoxy) is 1. The summed E-state index contributed by atoms with van der Waals surface area (Å²) in [5, 5.41) is 1.24. The molecule has 0 saturated carbocycles. The maximum Gasteiger partial charge on any atom is 0.0977 e. The molecule has 0 amide bonds. The Hall–Kier alpha value is -0.280. The zero-order chi connectivity index (χ0) is 10.1. The van der Waals surface area contributed by atoms with Gasteiger partial charge in [0.15, 0.2) is 0 Å². The molecule has 1 aliphatic heterocycles. The average molecular weight is 232 g/mol. The van der Waals surface area contributed by atoms with E-state index in [0.717, 1.165) is 12.0 Å². The van der Waals surface area contributed by atoms with Gasteiger partial charge in [-0.2, -0.15) is 0 Å². The molecule has 0 bridgehead atoms. The Labute approximate surface area is 92.9 Å². The van der Waals surface area contributed by atoms with E-state index in [1.54, 1.807) is 6.07 Å². The van der Waals surface area contributed by atoms with Crippen molar-refractivity contribution in [2.24, 2.45) is 5.73 Å². The zero-order valence-electron chi connectivity index (χ0n) is 7.54. The molecule has 1 fully saturated rings. The van der Waals surface area contributed by atoms with E-state index >= 15 is 0 Å². The molecule has 2 unspecified atom stereocenters. The van der Waals surface area contributed by atoms with Crippen LogP contribution in [0.2, 0.25) is 10.0 Å². The van der Waals surface area contributed by atoms with Crippen LogP contribution < -0.4 is 5.73 Å². The van der Waals surface area contributed by atoms with Crippen molar-refractivity contribution in [3.8, 4) is 0 Å². The molecule has 2 nitrogen and oxygen atoms in total. The molecule has 1 aromatic carbocycles. The lowest BCUT2D eigenvalue weighted by atomic mass is 10.0. The normalized spacial score (nSPS) is 26.8. The van der Waals surface area contributed by atoms with Gasteiger partial charge in [0, 0.05) is 22.7 Å². The summed E-state index contributed by atoms with van der Waals surface area (Å²) in [7, 11) is 0. The van der Waals surface area contributed by atoms with Crippen LogP contribution in [0.3, 0.4) is 0 Å². The maximum atomic E-state index is 5.90. The van der Waals surface area contributed by atoms with E-state index in [1.165, 1.54) is 0 Å². The molecular formula is C10H11Cl2NO. The standard InChI is InChI=1S/C10H11Cl2NO/c11-7-3-6(4-8(12)5-7)10-9(13)1-2-14-10/h3-5,9-10H,1-2,13H2. The van der Waals surface area contributed by atoms with Crippen LogP contribution in [0.1, 0.15) is 18.1 Å². The fourth-order valence-electron chi connectivity index (χ4n) is 1.69. The first-order chi connectivity index (χ1) is 6.66. The predicted molar refractivity (Wildman–Crippen MR) is 57.7 cm³/mol. The van der Waals surface area contributed by atoms with Gasteiger partial charge in [0.2, 0.25) is 0 Å². The number of nitrogens with two attached hydrogens (primary N) is 1. The summed E-state index contributed by atoms with van der Waals surface area (Å²) >= 11 is 11.8. The van der Waals surface area contributed by atoms with Gasteiger partial charge >= 0.3 is 0 Å². The molecule has 2 rings (SSSR count). The molecular weight excluding hydrogens is 221 g/mol. The van der Waals surface area contributed by atoms with E-state index in [-0.39, 0.29) is 12.1 Å². The van der Waals surface area contributed by atoms with Crippen LogP contribution in [-0.4, -0.2) is 12.6 Å². The predicted octanol–water partition coefficient (Wildman–Crippen LogP) is 2.78. The minimum Gasteiger partial charge on any atom is -0.372 e. The molecule has 76 valence electrons. The number of hydrogen-bond donors (Lipinski definition) is 1. The van der Waals surface area contributed by atoms with Crippen LogP contribution >= 0.6 is 23.2 Å². The molecule has 1 aliphatic rings. The highest BCUT2D eigenvalue weighted by Gasteiger charge is 2.26. The van der Waals surface area contributed by atoms with Crippen LogP contribution in [0.5, 0.6) is 0 Å². The van der Waals surface area contributed by atoms with E-state index in [4.69, 9.17) is 33.7 Å².